The highest BCUT2D eigenvalue weighted by atomic mass is 19.1. The Labute approximate surface area is 218 Å². The second kappa shape index (κ2) is 11.6. The van der Waals surface area contributed by atoms with Gasteiger partial charge in [-0.15, -0.1) is 0 Å². The van der Waals surface area contributed by atoms with Gasteiger partial charge in [-0.05, 0) is 54.7 Å². The fourth-order valence-electron chi connectivity index (χ4n) is 3.98. The Morgan fingerprint density at radius 2 is 1.76 bits per heavy atom. The first-order chi connectivity index (χ1) is 18.3. The first-order valence-corrected chi connectivity index (χ1v) is 11.7. The minimum Gasteiger partial charge on any atom is -0.493 e. The van der Waals surface area contributed by atoms with E-state index < -0.39 is 35.0 Å². The van der Waals surface area contributed by atoms with Gasteiger partial charge in [0.1, 0.15) is 11.7 Å². The first kappa shape index (κ1) is 26.4. The number of hydrogen-bond acceptors (Lipinski definition) is 8. The molecule has 0 aliphatic rings. The second-order valence-electron chi connectivity index (χ2n) is 8.51. The molecule has 0 aliphatic heterocycles. The van der Waals surface area contributed by atoms with Gasteiger partial charge in [0.05, 0.1) is 7.11 Å². The molecule has 38 heavy (non-hydrogen) atoms. The Morgan fingerprint density at radius 3 is 2.39 bits per heavy atom. The molecule has 2 aromatic heterocycles. The maximum absolute atomic E-state index is 15.3. The summed E-state index contributed by atoms with van der Waals surface area (Å²) in [6.45, 7) is 1.87. The normalized spacial score (nSPS) is 11.6. The highest BCUT2D eigenvalue weighted by Crippen LogP contribution is 2.33. The molecule has 0 radical (unpaired) electrons. The zero-order chi connectivity index (χ0) is 27.2. The van der Waals surface area contributed by atoms with Crippen LogP contribution in [0.3, 0.4) is 0 Å². The van der Waals surface area contributed by atoms with Crippen molar-refractivity contribution in [3.63, 3.8) is 0 Å². The van der Waals surface area contributed by atoms with E-state index in [4.69, 9.17) is 4.74 Å². The molecule has 3 N–H and O–H groups in total. The van der Waals surface area contributed by atoms with Crippen molar-refractivity contribution < 1.29 is 28.9 Å². The first-order valence-electron chi connectivity index (χ1n) is 11.7. The van der Waals surface area contributed by atoms with E-state index in [0.717, 1.165) is 18.5 Å². The number of carboxylic acid groups (broad SMARTS) is 1. The molecular formula is C28H25FN4O5. The van der Waals surface area contributed by atoms with E-state index in [1.807, 2.05) is 13.0 Å². The molecule has 2 aromatic carbocycles. The Hall–Kier alpha value is -4.70. The molecule has 1 unspecified atom stereocenters. The number of nitrogens with one attached hydrogen (secondary N) is 1. The molecule has 194 valence electrons. The van der Waals surface area contributed by atoms with Gasteiger partial charge in [0.25, 0.3) is 0 Å². The summed E-state index contributed by atoms with van der Waals surface area (Å²) in [5.74, 6) is -3.50. The van der Waals surface area contributed by atoms with Crippen LogP contribution in [0.15, 0.2) is 67.1 Å². The van der Waals surface area contributed by atoms with Crippen molar-refractivity contribution in [3.8, 4) is 5.75 Å². The van der Waals surface area contributed by atoms with Crippen molar-refractivity contribution in [3.05, 3.63) is 106 Å². The summed E-state index contributed by atoms with van der Waals surface area (Å²) in [6, 6.07) is 12.9. The number of nitrogens with zero attached hydrogens (tertiary/aromatic N) is 3. The molecule has 10 heteroatoms. The molecule has 0 spiro atoms. The van der Waals surface area contributed by atoms with Gasteiger partial charge in [-0.3, -0.25) is 9.78 Å². The van der Waals surface area contributed by atoms with Crippen LogP contribution in [0.5, 0.6) is 5.75 Å². The van der Waals surface area contributed by atoms with Crippen molar-refractivity contribution in [1.82, 2.24) is 15.0 Å². The summed E-state index contributed by atoms with van der Waals surface area (Å²) in [5, 5.41) is 23.4. The lowest BCUT2D eigenvalue weighted by molar-refractivity contribution is 0.0671. The average Bonchev–Trinajstić information content (AvgIpc) is 2.92. The molecule has 1 atom stereocenters. The van der Waals surface area contributed by atoms with Gasteiger partial charge in [-0.2, -0.15) is 0 Å². The van der Waals surface area contributed by atoms with Crippen molar-refractivity contribution >= 4 is 23.4 Å². The summed E-state index contributed by atoms with van der Waals surface area (Å²) in [4.78, 5) is 37.9. The lowest BCUT2D eigenvalue weighted by Gasteiger charge is -2.17. The maximum atomic E-state index is 15.3. The standard InChI is InChI=1S/C28H25FN4O5/c1-16-12-20(10-11-30-16)33-28-31-14-17(15-32-28)8-9-19-13-21(22(27(36)37)26(38-2)23(19)29)25(35)24(34)18-6-4-3-5-7-18/h3-7,10-15,24,34H,8-9H2,1-2H3,(H,36,37)(H,30,31,32,33). The molecule has 0 saturated heterocycles. The molecule has 0 aliphatic carbocycles. The number of rotatable bonds is 10. The van der Waals surface area contributed by atoms with E-state index in [1.54, 1.807) is 55.0 Å². The van der Waals surface area contributed by atoms with E-state index in [2.05, 4.69) is 20.3 Å². The number of carbonyl (C=O) groups excluding carboxylic acids is 1. The second-order valence-corrected chi connectivity index (χ2v) is 8.51. The van der Waals surface area contributed by atoms with E-state index in [1.165, 1.54) is 6.07 Å². The average molecular weight is 517 g/mol. The number of pyridine rings is 1. The third-order valence-corrected chi connectivity index (χ3v) is 5.88. The molecule has 0 saturated carbocycles. The van der Waals surface area contributed by atoms with Crippen LogP contribution >= 0.6 is 0 Å². The van der Waals surface area contributed by atoms with E-state index in [9.17, 15) is 19.8 Å². The topological polar surface area (TPSA) is 135 Å². The number of aromatic nitrogens is 3. The smallest absolute Gasteiger partial charge is 0.340 e. The van der Waals surface area contributed by atoms with Gasteiger partial charge in [0, 0.05) is 35.5 Å². The molecule has 0 fully saturated rings. The molecule has 0 bridgehead atoms. The molecule has 9 nitrogen and oxygen atoms in total. The Balaban J connectivity index is 1.59. The SMILES string of the molecule is COc1c(F)c(CCc2cnc(Nc3ccnc(C)c3)nc2)cc(C(=O)C(O)c2ccccc2)c1C(=O)O. The van der Waals surface area contributed by atoms with Crippen molar-refractivity contribution in [2.24, 2.45) is 0 Å². The number of ether oxygens (including phenoxy) is 1. The zero-order valence-electron chi connectivity index (χ0n) is 20.7. The number of hydrogen-bond donors (Lipinski definition) is 3. The fraction of sp³-hybridized carbons (Fsp3) is 0.179. The van der Waals surface area contributed by atoms with Crippen LogP contribution in [0, 0.1) is 12.7 Å². The largest absolute Gasteiger partial charge is 0.493 e. The summed E-state index contributed by atoms with van der Waals surface area (Å²) in [7, 11) is 1.13. The number of methoxy groups -OCH3 is 1. The summed E-state index contributed by atoms with van der Waals surface area (Å²) in [6.07, 6.45) is 3.63. The van der Waals surface area contributed by atoms with Gasteiger partial charge in [-0.1, -0.05) is 30.3 Å². The van der Waals surface area contributed by atoms with Crippen LogP contribution < -0.4 is 10.1 Å². The summed E-state index contributed by atoms with van der Waals surface area (Å²) >= 11 is 0. The monoisotopic (exact) mass is 516 g/mol. The third kappa shape index (κ3) is 5.81. The van der Waals surface area contributed by atoms with Crippen LogP contribution in [0.2, 0.25) is 0 Å². The number of aryl methyl sites for hydroxylation is 3. The Kier molecular flexibility index (Phi) is 8.03. The van der Waals surface area contributed by atoms with Crippen LogP contribution in [0.1, 0.15) is 49.2 Å². The molecular weight excluding hydrogens is 491 g/mol. The van der Waals surface area contributed by atoms with Gasteiger partial charge < -0.3 is 20.3 Å². The quantitative estimate of drug-likeness (QED) is 0.261. The lowest BCUT2D eigenvalue weighted by Crippen LogP contribution is -2.19. The number of ketones is 1. The van der Waals surface area contributed by atoms with Crippen LogP contribution in [-0.2, 0) is 12.8 Å². The number of aliphatic hydroxyl groups excluding tert-OH is 1. The highest BCUT2D eigenvalue weighted by molar-refractivity contribution is 6.09. The maximum Gasteiger partial charge on any atom is 0.340 e. The highest BCUT2D eigenvalue weighted by Gasteiger charge is 2.30. The van der Waals surface area contributed by atoms with E-state index >= 15 is 4.39 Å². The molecule has 4 rings (SSSR count). The van der Waals surface area contributed by atoms with Crippen molar-refractivity contribution in [2.45, 2.75) is 25.9 Å². The Morgan fingerprint density at radius 1 is 1.05 bits per heavy atom. The minimum atomic E-state index is -1.63. The number of carboxylic acids is 1. The molecule has 0 amide bonds. The van der Waals surface area contributed by atoms with Gasteiger partial charge in [0.2, 0.25) is 5.95 Å². The zero-order valence-corrected chi connectivity index (χ0v) is 20.7. The lowest BCUT2D eigenvalue weighted by atomic mass is 9.92. The van der Waals surface area contributed by atoms with Crippen LogP contribution in [0.25, 0.3) is 0 Å². The predicted molar refractivity (Wildman–Crippen MR) is 137 cm³/mol. The van der Waals surface area contributed by atoms with Crippen molar-refractivity contribution in [1.29, 1.82) is 0 Å². The number of halogens is 1. The van der Waals surface area contributed by atoms with Gasteiger partial charge >= 0.3 is 5.97 Å². The van der Waals surface area contributed by atoms with Gasteiger partial charge in [-0.25, -0.2) is 19.2 Å². The summed E-state index contributed by atoms with van der Waals surface area (Å²) in [5.41, 5.74) is 1.68. The number of Topliss-reactive ketones (excluding diaryl/α,β-unsaturated/α-hetero) is 1. The Bertz CT molecular complexity index is 1460. The number of benzene rings is 2. The van der Waals surface area contributed by atoms with E-state index in [-0.39, 0.29) is 23.1 Å². The number of carbonyl (C=O) groups is 2. The fourth-order valence-corrected chi connectivity index (χ4v) is 3.98. The van der Waals surface area contributed by atoms with E-state index in [0.29, 0.717) is 17.9 Å². The molecule has 4 aromatic rings. The van der Waals surface area contributed by atoms with Crippen LogP contribution in [-0.4, -0.2) is 44.0 Å². The summed E-state index contributed by atoms with van der Waals surface area (Å²) < 4.78 is 20.4. The number of aliphatic hydroxyl groups is 1. The molecule has 2 heterocycles. The number of anilines is 2. The van der Waals surface area contributed by atoms with Crippen LogP contribution in [0.4, 0.5) is 16.0 Å². The number of aromatic carboxylic acids is 1. The predicted octanol–water partition coefficient (Wildman–Crippen LogP) is 4.47. The van der Waals surface area contributed by atoms with Crippen molar-refractivity contribution in [2.75, 3.05) is 12.4 Å². The third-order valence-electron chi connectivity index (χ3n) is 5.88. The minimum absolute atomic E-state index is 0.0601. The van der Waals surface area contributed by atoms with Gasteiger partial charge in [0.15, 0.2) is 17.3 Å².